The predicted octanol–water partition coefficient (Wildman–Crippen LogP) is 8.39. The Labute approximate surface area is 256 Å². The van der Waals surface area contributed by atoms with Gasteiger partial charge in [-0.15, -0.1) is 0 Å². The first kappa shape index (κ1) is 35.8. The van der Waals surface area contributed by atoms with Crippen molar-refractivity contribution in [2.75, 3.05) is 32.9 Å². The van der Waals surface area contributed by atoms with Crippen LogP contribution in [0.5, 0.6) is 0 Å². The van der Waals surface area contributed by atoms with Gasteiger partial charge in [0.25, 0.3) is 5.91 Å². The van der Waals surface area contributed by atoms with Gasteiger partial charge < -0.3 is 18.8 Å². The summed E-state index contributed by atoms with van der Waals surface area (Å²) < 4.78 is 100.0. The van der Waals surface area contributed by atoms with Gasteiger partial charge in [-0.2, -0.15) is 26.3 Å². The van der Waals surface area contributed by atoms with Crippen molar-refractivity contribution in [3.63, 3.8) is 0 Å². The Hall–Kier alpha value is -2.67. The Morgan fingerprint density at radius 3 is 1.93 bits per heavy atom. The zero-order chi connectivity index (χ0) is 33.1. The normalized spacial score (nSPS) is 17.2. The molecule has 0 N–H and O–H groups in total. The van der Waals surface area contributed by atoms with Gasteiger partial charge in [-0.05, 0) is 60.0 Å². The molecule has 1 aliphatic heterocycles. The smallest absolute Gasteiger partial charge is 0.413 e. The maximum atomic E-state index is 14.1. The fourth-order valence-corrected chi connectivity index (χ4v) is 5.60. The molecule has 1 saturated heterocycles. The molecule has 2 aromatic carbocycles. The van der Waals surface area contributed by atoms with E-state index < -0.39 is 55.8 Å². The molecule has 0 spiro atoms. The van der Waals surface area contributed by atoms with Gasteiger partial charge in [-0.1, -0.05) is 57.7 Å². The lowest BCUT2D eigenvalue weighted by molar-refractivity contribution is -0.153. The molecule has 0 aromatic heterocycles. The minimum atomic E-state index is -5.03. The Morgan fingerprint density at radius 2 is 1.45 bits per heavy atom. The van der Waals surface area contributed by atoms with Crippen LogP contribution in [0.25, 0.3) is 0 Å². The van der Waals surface area contributed by atoms with Gasteiger partial charge in [0.1, 0.15) is 6.10 Å². The van der Waals surface area contributed by atoms with Crippen molar-refractivity contribution in [3.05, 3.63) is 82.9 Å². The van der Waals surface area contributed by atoms with Gasteiger partial charge in [-0.3, -0.25) is 4.79 Å². The molecular weight excluding hydrogens is 604 g/mol. The lowest BCUT2D eigenvalue weighted by Gasteiger charge is -2.39. The van der Waals surface area contributed by atoms with Gasteiger partial charge >= 0.3 is 12.4 Å². The van der Waals surface area contributed by atoms with E-state index in [9.17, 15) is 31.1 Å². The summed E-state index contributed by atoms with van der Waals surface area (Å²) in [7, 11) is -2.27. The number of amides is 1. The summed E-state index contributed by atoms with van der Waals surface area (Å²) in [5.41, 5.74) is -2.13. The molecule has 5 nitrogen and oxygen atoms in total. The van der Waals surface area contributed by atoms with E-state index in [2.05, 4.69) is 40.4 Å². The van der Waals surface area contributed by atoms with Crippen LogP contribution in [-0.4, -0.2) is 58.1 Å². The van der Waals surface area contributed by atoms with E-state index in [1.807, 2.05) is 0 Å². The Bertz CT molecular complexity index is 1250. The Balaban J connectivity index is 2.09. The van der Waals surface area contributed by atoms with Crippen molar-refractivity contribution in [1.29, 1.82) is 0 Å². The summed E-state index contributed by atoms with van der Waals surface area (Å²) in [6.07, 6.45) is -12.7. The maximum absolute atomic E-state index is 14.1. The largest absolute Gasteiger partial charge is 0.416 e. The second-order valence-electron chi connectivity index (χ2n) is 12.6. The number of morpholine rings is 1. The van der Waals surface area contributed by atoms with E-state index in [1.165, 1.54) is 11.8 Å². The fourth-order valence-electron chi connectivity index (χ4n) is 4.62. The highest BCUT2D eigenvalue weighted by Crippen LogP contribution is 2.41. The molecular formula is C32H41F6NO4Si. The van der Waals surface area contributed by atoms with Crippen molar-refractivity contribution in [2.45, 2.75) is 76.3 Å². The SMILES string of the molecule is C=C(CO[Si](C)(C)C(C)(C)C)[C@H](c1ccccc1)[C@H](O[C@H](C)c1cc(C(F)(F)F)cc(C(F)(F)F)c1)C(=O)N1CCOCC1. The quantitative estimate of drug-likeness (QED) is 0.148. The average molecular weight is 646 g/mol. The van der Waals surface area contributed by atoms with Crippen LogP contribution >= 0.6 is 0 Å². The standard InChI is InChI=1S/C32H41F6NO4Si/c1-21(20-42-44(6,7)30(3,4)5)27(23-11-9-8-10-12-23)28(29(40)39-13-15-41-16-14-39)43-22(2)24-17-25(31(33,34)35)19-26(18-24)32(36,37)38/h8-12,17-19,22,27-28H,1,13-16,20H2,2-7H3/t22-,27-,28+/m1/s1. The van der Waals surface area contributed by atoms with Gasteiger partial charge in [0, 0.05) is 19.0 Å². The first-order chi connectivity index (χ1) is 20.2. The number of hydrogen-bond acceptors (Lipinski definition) is 4. The van der Waals surface area contributed by atoms with Gasteiger partial charge in [0.2, 0.25) is 0 Å². The van der Waals surface area contributed by atoms with Crippen LogP contribution in [0.1, 0.15) is 62.0 Å². The first-order valence-corrected chi connectivity index (χ1v) is 17.3. The summed E-state index contributed by atoms with van der Waals surface area (Å²) in [4.78, 5) is 15.6. The molecule has 0 saturated carbocycles. The fraction of sp³-hybridized carbons (Fsp3) is 0.531. The minimum absolute atomic E-state index is 0.0689. The summed E-state index contributed by atoms with van der Waals surface area (Å²) in [6.45, 7) is 17.1. The Morgan fingerprint density at radius 1 is 0.932 bits per heavy atom. The molecule has 12 heteroatoms. The van der Waals surface area contributed by atoms with E-state index in [1.54, 1.807) is 30.3 Å². The number of alkyl halides is 6. The Kier molecular flexibility index (Phi) is 11.2. The van der Waals surface area contributed by atoms with Crippen LogP contribution < -0.4 is 0 Å². The summed E-state index contributed by atoms with van der Waals surface area (Å²) >= 11 is 0. The molecule has 3 atom stereocenters. The second-order valence-corrected chi connectivity index (χ2v) is 17.4. The highest BCUT2D eigenvalue weighted by Gasteiger charge is 2.42. The molecule has 3 rings (SSSR count). The van der Waals surface area contributed by atoms with Crippen molar-refractivity contribution < 1.29 is 45.0 Å². The molecule has 0 unspecified atom stereocenters. The molecule has 0 bridgehead atoms. The number of carbonyl (C=O) groups excluding carboxylic acids is 1. The van der Waals surface area contributed by atoms with Crippen LogP contribution in [0.3, 0.4) is 0 Å². The average Bonchev–Trinajstić information content (AvgIpc) is 2.94. The zero-order valence-corrected chi connectivity index (χ0v) is 26.9. The van der Waals surface area contributed by atoms with Crippen LogP contribution in [0, 0.1) is 0 Å². The highest BCUT2D eigenvalue weighted by molar-refractivity contribution is 6.74. The topological polar surface area (TPSA) is 48.0 Å². The van der Waals surface area contributed by atoms with Crippen LogP contribution in [-0.2, 0) is 31.0 Å². The van der Waals surface area contributed by atoms with E-state index >= 15 is 0 Å². The summed E-state index contributed by atoms with van der Waals surface area (Å²) in [5, 5.41) is -0.122. The third kappa shape index (κ3) is 8.95. The monoisotopic (exact) mass is 645 g/mol. The number of nitrogens with zero attached hydrogens (tertiary/aromatic N) is 1. The van der Waals surface area contributed by atoms with E-state index in [4.69, 9.17) is 13.9 Å². The third-order valence-corrected chi connectivity index (χ3v) is 12.8. The predicted molar refractivity (Wildman–Crippen MR) is 159 cm³/mol. The summed E-state index contributed by atoms with van der Waals surface area (Å²) in [6, 6.07) is 10.2. The first-order valence-electron chi connectivity index (χ1n) is 14.4. The maximum Gasteiger partial charge on any atom is 0.416 e. The number of rotatable bonds is 10. The van der Waals surface area contributed by atoms with E-state index in [-0.39, 0.29) is 49.6 Å². The molecule has 2 aromatic rings. The van der Waals surface area contributed by atoms with Crippen molar-refractivity contribution in [1.82, 2.24) is 4.90 Å². The second kappa shape index (κ2) is 13.8. The van der Waals surface area contributed by atoms with Gasteiger partial charge in [-0.25, -0.2) is 0 Å². The number of halogens is 6. The third-order valence-electron chi connectivity index (χ3n) is 8.32. The number of hydrogen-bond donors (Lipinski definition) is 0. The molecule has 0 radical (unpaired) electrons. The molecule has 1 aliphatic rings. The molecule has 44 heavy (non-hydrogen) atoms. The number of benzene rings is 2. The van der Waals surface area contributed by atoms with Crippen LogP contribution in [0.15, 0.2) is 60.7 Å². The lowest BCUT2D eigenvalue weighted by atomic mass is 9.86. The van der Waals surface area contributed by atoms with Gasteiger partial charge in [0.05, 0.1) is 37.1 Å². The van der Waals surface area contributed by atoms with Crippen molar-refractivity contribution in [3.8, 4) is 0 Å². The number of carbonyl (C=O) groups is 1. The van der Waals surface area contributed by atoms with Gasteiger partial charge in [0.15, 0.2) is 8.32 Å². The molecule has 1 fully saturated rings. The minimum Gasteiger partial charge on any atom is -0.413 e. The molecule has 1 amide bonds. The van der Waals surface area contributed by atoms with E-state index in [0.29, 0.717) is 23.3 Å². The van der Waals surface area contributed by atoms with Crippen LogP contribution in [0.2, 0.25) is 18.1 Å². The molecule has 0 aliphatic carbocycles. The van der Waals surface area contributed by atoms with Crippen LogP contribution in [0.4, 0.5) is 26.3 Å². The zero-order valence-electron chi connectivity index (χ0n) is 25.9. The lowest BCUT2D eigenvalue weighted by Crippen LogP contribution is -2.49. The molecule has 1 heterocycles. The summed E-state index contributed by atoms with van der Waals surface area (Å²) in [5.74, 6) is -1.28. The molecule has 244 valence electrons. The number of ether oxygens (including phenoxy) is 2. The van der Waals surface area contributed by atoms with E-state index in [0.717, 1.165) is 0 Å². The van der Waals surface area contributed by atoms with Crippen molar-refractivity contribution in [2.24, 2.45) is 0 Å². The van der Waals surface area contributed by atoms with Crippen molar-refractivity contribution >= 4 is 14.2 Å². The highest BCUT2D eigenvalue weighted by atomic mass is 28.4.